The summed E-state index contributed by atoms with van der Waals surface area (Å²) in [6.07, 6.45) is -1.61. The van der Waals surface area contributed by atoms with Crippen LogP contribution in [-0.2, 0) is 23.9 Å². The first-order valence-electron chi connectivity index (χ1n) is 10.9. The summed E-state index contributed by atoms with van der Waals surface area (Å²) >= 11 is 0. The van der Waals surface area contributed by atoms with Gasteiger partial charge in [-0.2, -0.15) is 14.0 Å². The molecule has 0 aromatic carbocycles. The van der Waals surface area contributed by atoms with E-state index >= 15 is 0 Å². The number of nitrogens with zero attached hydrogens (tertiary/aromatic N) is 2. The van der Waals surface area contributed by atoms with E-state index in [0.29, 0.717) is 13.0 Å². The van der Waals surface area contributed by atoms with Crippen LogP contribution in [0.5, 0.6) is 0 Å². The molecule has 0 aromatic rings. The van der Waals surface area contributed by atoms with E-state index in [9.17, 15) is 33.2 Å². The zero-order valence-electron chi connectivity index (χ0n) is 19.6. The molecule has 0 bridgehead atoms. The van der Waals surface area contributed by atoms with Crippen LogP contribution in [0.1, 0.15) is 40.0 Å². The monoisotopic (exact) mass is 487 g/mol. The Balaban J connectivity index is 2.22. The Kier molecular flexibility index (Phi) is 9.14. The average Bonchev–Trinajstić information content (AvgIpc) is 3.35. The molecular formula is C21H31F2N5O6. The third-order valence-corrected chi connectivity index (χ3v) is 5.86. The van der Waals surface area contributed by atoms with Gasteiger partial charge in [0.1, 0.15) is 18.1 Å². The van der Waals surface area contributed by atoms with Gasteiger partial charge in [-0.3, -0.25) is 14.4 Å². The lowest BCUT2D eigenvalue weighted by molar-refractivity contribution is -0.160. The first-order chi connectivity index (χ1) is 15.9. The van der Waals surface area contributed by atoms with Crippen molar-refractivity contribution in [1.29, 1.82) is 5.26 Å². The number of nitrogens with one attached hydrogen (secondary N) is 3. The third-order valence-electron chi connectivity index (χ3n) is 5.86. The van der Waals surface area contributed by atoms with Crippen molar-refractivity contribution in [1.82, 2.24) is 20.9 Å². The Morgan fingerprint density at radius 3 is 2.47 bits per heavy atom. The van der Waals surface area contributed by atoms with Crippen LogP contribution in [0.3, 0.4) is 0 Å². The maximum atomic E-state index is 13.4. The summed E-state index contributed by atoms with van der Waals surface area (Å²) in [7, 11) is 1.13. The van der Waals surface area contributed by atoms with Gasteiger partial charge in [0.05, 0.1) is 19.3 Å². The molecule has 34 heavy (non-hydrogen) atoms. The van der Waals surface area contributed by atoms with Crippen LogP contribution < -0.4 is 16.0 Å². The lowest BCUT2D eigenvalue weighted by Crippen LogP contribution is -2.58. The number of alkyl carbamates (subject to hydrolysis) is 1. The van der Waals surface area contributed by atoms with E-state index in [-0.39, 0.29) is 25.3 Å². The molecule has 0 aromatic heterocycles. The minimum atomic E-state index is -3.11. The van der Waals surface area contributed by atoms with Crippen LogP contribution in [0.25, 0.3) is 0 Å². The molecular weight excluding hydrogens is 456 g/mol. The van der Waals surface area contributed by atoms with Gasteiger partial charge >= 0.3 is 12.7 Å². The average molecular weight is 488 g/mol. The van der Waals surface area contributed by atoms with Gasteiger partial charge in [0, 0.05) is 25.4 Å². The first kappa shape index (κ1) is 27.2. The molecule has 11 nitrogen and oxygen atoms in total. The standard InChI is InChI=1S/C21H31F2N5O6/c1-21(2,3)15(27-20(32)33-4)18(31)28-10-13(34-19(22)23)8-14(28)17(30)26-12(9-24)7-11-5-6-25-16(11)29/h11-15,19H,5-8,10H2,1-4H3,(H,25,29)(H,26,30)(H,27,32)/t11-,12-,13+,14-,15+/m0/s1. The SMILES string of the molecule is COC(=O)N[C@H](C(=O)N1C[C@H](OC(F)F)C[C@H]1C(=O)N[C@H](C#N)C[C@@H]1CCNC1=O)C(C)(C)C. The summed E-state index contributed by atoms with van der Waals surface area (Å²) in [4.78, 5) is 51.1. The number of rotatable bonds is 8. The Morgan fingerprint density at radius 1 is 1.29 bits per heavy atom. The van der Waals surface area contributed by atoms with E-state index in [1.54, 1.807) is 20.8 Å². The number of halogens is 2. The second-order valence-electron chi connectivity index (χ2n) is 9.40. The molecule has 190 valence electrons. The van der Waals surface area contributed by atoms with Gasteiger partial charge in [0.2, 0.25) is 17.7 Å². The highest BCUT2D eigenvalue weighted by atomic mass is 19.3. The normalized spacial score (nSPS) is 24.2. The van der Waals surface area contributed by atoms with Crippen LogP contribution in [0.15, 0.2) is 0 Å². The smallest absolute Gasteiger partial charge is 0.407 e. The molecule has 0 saturated carbocycles. The number of hydrogen-bond acceptors (Lipinski definition) is 7. The molecule has 2 rings (SSSR count). The Labute approximate surface area is 196 Å². The van der Waals surface area contributed by atoms with Gasteiger partial charge in [-0.1, -0.05) is 20.8 Å². The van der Waals surface area contributed by atoms with Crippen molar-refractivity contribution in [2.24, 2.45) is 11.3 Å². The predicted octanol–water partition coefficient (Wildman–Crippen LogP) is 0.500. The maximum Gasteiger partial charge on any atom is 0.407 e. The number of likely N-dealkylation sites (tertiary alicyclic amines) is 1. The molecule has 0 aliphatic carbocycles. The van der Waals surface area contributed by atoms with Crippen LogP contribution in [-0.4, -0.2) is 79.8 Å². The molecule has 2 heterocycles. The largest absolute Gasteiger partial charge is 0.453 e. The van der Waals surface area contributed by atoms with Crippen molar-refractivity contribution in [2.45, 2.75) is 70.9 Å². The van der Waals surface area contributed by atoms with Crippen molar-refractivity contribution in [3.05, 3.63) is 0 Å². The minimum Gasteiger partial charge on any atom is -0.453 e. The summed E-state index contributed by atoms with van der Waals surface area (Å²) in [5, 5.41) is 17.1. The number of nitriles is 1. The quantitative estimate of drug-likeness (QED) is 0.451. The van der Waals surface area contributed by atoms with Crippen LogP contribution >= 0.6 is 0 Å². The summed E-state index contributed by atoms with van der Waals surface area (Å²) in [6, 6.07) is -1.43. The van der Waals surface area contributed by atoms with Crippen molar-refractivity contribution in [3.8, 4) is 6.07 Å². The molecule has 2 fully saturated rings. The molecule has 13 heteroatoms. The predicted molar refractivity (Wildman–Crippen MR) is 113 cm³/mol. The number of amides is 4. The number of carbonyl (C=O) groups excluding carboxylic acids is 4. The maximum absolute atomic E-state index is 13.4. The van der Waals surface area contributed by atoms with Gasteiger partial charge in [0.15, 0.2) is 0 Å². The van der Waals surface area contributed by atoms with Crippen LogP contribution in [0.2, 0.25) is 0 Å². The van der Waals surface area contributed by atoms with E-state index in [1.807, 2.05) is 6.07 Å². The van der Waals surface area contributed by atoms with Crippen LogP contribution in [0, 0.1) is 22.7 Å². The van der Waals surface area contributed by atoms with Gasteiger partial charge in [-0.05, 0) is 18.3 Å². The molecule has 0 unspecified atom stereocenters. The summed E-state index contributed by atoms with van der Waals surface area (Å²) in [5.41, 5.74) is -0.807. The van der Waals surface area contributed by atoms with Crippen molar-refractivity contribution in [3.63, 3.8) is 0 Å². The molecule has 2 saturated heterocycles. The second-order valence-corrected chi connectivity index (χ2v) is 9.40. The summed E-state index contributed by atoms with van der Waals surface area (Å²) < 4.78 is 34.9. The highest BCUT2D eigenvalue weighted by molar-refractivity contribution is 5.92. The molecule has 3 N–H and O–H groups in total. The fraction of sp³-hybridized carbons (Fsp3) is 0.762. The fourth-order valence-corrected chi connectivity index (χ4v) is 4.09. The minimum absolute atomic E-state index is 0.0835. The molecule has 2 aliphatic rings. The van der Waals surface area contributed by atoms with Gasteiger partial charge in [-0.25, -0.2) is 4.79 Å². The van der Waals surface area contributed by atoms with E-state index in [1.165, 1.54) is 0 Å². The van der Waals surface area contributed by atoms with Crippen LogP contribution in [0.4, 0.5) is 13.6 Å². The molecule has 0 radical (unpaired) electrons. The Bertz CT molecular complexity index is 827. The third kappa shape index (κ3) is 6.99. The zero-order valence-corrected chi connectivity index (χ0v) is 19.6. The van der Waals surface area contributed by atoms with Gasteiger partial charge in [-0.15, -0.1) is 0 Å². The fourth-order valence-electron chi connectivity index (χ4n) is 4.09. The second kappa shape index (κ2) is 11.4. The first-order valence-corrected chi connectivity index (χ1v) is 10.9. The number of ether oxygens (including phenoxy) is 2. The lowest BCUT2D eigenvalue weighted by atomic mass is 9.85. The summed E-state index contributed by atoms with van der Waals surface area (Å²) in [6.45, 7) is 2.11. The van der Waals surface area contributed by atoms with Gasteiger partial charge in [0.25, 0.3) is 0 Å². The summed E-state index contributed by atoms with van der Waals surface area (Å²) in [5.74, 6) is -2.05. The Hall–Kier alpha value is -3.01. The highest BCUT2D eigenvalue weighted by Gasteiger charge is 2.46. The van der Waals surface area contributed by atoms with Gasteiger partial charge < -0.3 is 30.3 Å². The van der Waals surface area contributed by atoms with Crippen molar-refractivity contribution in [2.75, 3.05) is 20.2 Å². The molecule has 4 amide bonds. The number of methoxy groups -OCH3 is 1. The van der Waals surface area contributed by atoms with E-state index in [0.717, 1.165) is 12.0 Å². The Morgan fingerprint density at radius 2 is 1.97 bits per heavy atom. The number of carbonyl (C=O) groups is 4. The van der Waals surface area contributed by atoms with E-state index in [4.69, 9.17) is 0 Å². The van der Waals surface area contributed by atoms with E-state index in [2.05, 4.69) is 25.4 Å². The number of hydrogen-bond donors (Lipinski definition) is 3. The molecule has 0 spiro atoms. The highest BCUT2D eigenvalue weighted by Crippen LogP contribution is 2.28. The molecule has 5 atom stereocenters. The topological polar surface area (TPSA) is 150 Å². The van der Waals surface area contributed by atoms with Crippen molar-refractivity contribution >= 4 is 23.8 Å². The zero-order chi connectivity index (χ0) is 25.6. The number of alkyl halides is 2. The lowest BCUT2D eigenvalue weighted by Gasteiger charge is -2.35. The molecule has 2 aliphatic heterocycles. The van der Waals surface area contributed by atoms with Crippen molar-refractivity contribution < 1.29 is 37.4 Å². The van der Waals surface area contributed by atoms with E-state index < -0.39 is 60.1 Å².